The highest BCUT2D eigenvalue weighted by Crippen LogP contribution is 2.25. The summed E-state index contributed by atoms with van der Waals surface area (Å²) in [6.07, 6.45) is 4.00. The van der Waals surface area contributed by atoms with Gasteiger partial charge in [0.15, 0.2) is 0 Å². The predicted octanol–water partition coefficient (Wildman–Crippen LogP) is 2.66. The van der Waals surface area contributed by atoms with Crippen molar-refractivity contribution in [2.75, 3.05) is 6.54 Å². The number of amides is 1. The van der Waals surface area contributed by atoms with Crippen LogP contribution in [0.25, 0.3) is 0 Å². The van der Waals surface area contributed by atoms with Gasteiger partial charge in [-0.15, -0.1) is 0 Å². The molecule has 1 aromatic heterocycles. The van der Waals surface area contributed by atoms with Crippen LogP contribution >= 0.6 is 0 Å². The molecule has 21 heavy (non-hydrogen) atoms. The minimum atomic E-state index is -0.956. The monoisotopic (exact) mass is 294 g/mol. The van der Waals surface area contributed by atoms with E-state index in [1.54, 1.807) is 6.07 Å². The van der Waals surface area contributed by atoms with Crippen molar-refractivity contribution >= 4 is 11.9 Å². The molecular weight excluding hydrogens is 272 g/mol. The number of carbonyl (C=O) groups is 2. The zero-order chi connectivity index (χ0) is 15.4. The summed E-state index contributed by atoms with van der Waals surface area (Å²) in [5.41, 5.74) is 0.771. The number of carboxylic acids is 1. The van der Waals surface area contributed by atoms with Gasteiger partial charge in [0.1, 0.15) is 6.04 Å². The van der Waals surface area contributed by atoms with Crippen LogP contribution in [0.15, 0.2) is 10.6 Å². The van der Waals surface area contributed by atoms with E-state index in [2.05, 4.69) is 19.0 Å². The van der Waals surface area contributed by atoms with E-state index in [1.165, 1.54) is 4.90 Å². The molecule has 2 rings (SSSR count). The third-order valence-corrected chi connectivity index (χ3v) is 4.19. The van der Waals surface area contributed by atoms with Crippen LogP contribution in [0.4, 0.5) is 0 Å². The molecule has 1 saturated heterocycles. The van der Waals surface area contributed by atoms with Gasteiger partial charge < -0.3 is 14.5 Å². The maximum atomic E-state index is 12.5. The molecular formula is C15H22N2O4. The summed E-state index contributed by atoms with van der Waals surface area (Å²) in [6, 6.07) is 0.904. The SMILES string of the molecule is CCC(CC)c1cc(C(=O)N2CCCC[C@H]2C(=O)O)on1. The Labute approximate surface area is 124 Å². The number of aliphatic carboxylic acids is 1. The van der Waals surface area contributed by atoms with Gasteiger partial charge in [0.25, 0.3) is 5.91 Å². The van der Waals surface area contributed by atoms with E-state index in [0.29, 0.717) is 13.0 Å². The van der Waals surface area contributed by atoms with E-state index < -0.39 is 12.0 Å². The van der Waals surface area contributed by atoms with Crippen molar-refractivity contribution in [2.24, 2.45) is 0 Å². The molecule has 0 spiro atoms. The molecule has 1 aliphatic rings. The van der Waals surface area contributed by atoms with Crippen molar-refractivity contribution in [3.05, 3.63) is 17.5 Å². The molecule has 1 amide bonds. The van der Waals surface area contributed by atoms with Crippen LogP contribution in [0, 0.1) is 0 Å². The first-order valence-electron chi connectivity index (χ1n) is 7.58. The highest BCUT2D eigenvalue weighted by molar-refractivity contribution is 5.94. The van der Waals surface area contributed by atoms with Gasteiger partial charge in [-0.1, -0.05) is 19.0 Å². The summed E-state index contributed by atoms with van der Waals surface area (Å²) in [4.78, 5) is 25.1. The van der Waals surface area contributed by atoms with Crippen LogP contribution in [0.3, 0.4) is 0 Å². The Morgan fingerprint density at radius 1 is 1.43 bits per heavy atom. The number of likely N-dealkylation sites (tertiary alicyclic amines) is 1. The molecule has 0 bridgehead atoms. The maximum absolute atomic E-state index is 12.5. The van der Waals surface area contributed by atoms with Gasteiger partial charge >= 0.3 is 5.97 Å². The van der Waals surface area contributed by atoms with Gasteiger partial charge in [-0.2, -0.15) is 0 Å². The number of hydrogen-bond acceptors (Lipinski definition) is 4. The number of piperidine rings is 1. The fraction of sp³-hybridized carbons (Fsp3) is 0.667. The molecule has 6 nitrogen and oxygen atoms in total. The Morgan fingerprint density at radius 3 is 2.76 bits per heavy atom. The summed E-state index contributed by atoms with van der Waals surface area (Å²) < 4.78 is 5.16. The topological polar surface area (TPSA) is 83.6 Å². The summed E-state index contributed by atoms with van der Waals surface area (Å²) in [6.45, 7) is 4.59. The summed E-state index contributed by atoms with van der Waals surface area (Å²) in [5, 5.41) is 13.2. The highest BCUT2D eigenvalue weighted by Gasteiger charge is 2.34. The van der Waals surface area contributed by atoms with Crippen LogP contribution < -0.4 is 0 Å². The Bertz CT molecular complexity index is 508. The van der Waals surface area contributed by atoms with Crippen LogP contribution in [-0.4, -0.2) is 39.6 Å². The average molecular weight is 294 g/mol. The van der Waals surface area contributed by atoms with E-state index in [0.717, 1.165) is 31.4 Å². The van der Waals surface area contributed by atoms with E-state index in [9.17, 15) is 14.7 Å². The van der Waals surface area contributed by atoms with Crippen molar-refractivity contribution in [2.45, 2.75) is 57.9 Å². The second kappa shape index (κ2) is 6.74. The normalized spacial score (nSPS) is 19.0. The third-order valence-electron chi connectivity index (χ3n) is 4.19. The second-order valence-electron chi connectivity index (χ2n) is 5.48. The smallest absolute Gasteiger partial charge is 0.326 e. The molecule has 1 N–H and O–H groups in total. The first-order chi connectivity index (χ1) is 10.1. The zero-order valence-electron chi connectivity index (χ0n) is 12.5. The highest BCUT2D eigenvalue weighted by atomic mass is 16.5. The molecule has 0 saturated carbocycles. The third kappa shape index (κ3) is 3.25. The Balaban J connectivity index is 2.17. The van der Waals surface area contributed by atoms with Gasteiger partial charge in [0.05, 0.1) is 5.69 Å². The Kier molecular flexibility index (Phi) is 4.98. The molecule has 116 valence electrons. The molecule has 1 aliphatic heterocycles. The summed E-state index contributed by atoms with van der Waals surface area (Å²) in [7, 11) is 0. The van der Waals surface area contributed by atoms with Gasteiger partial charge in [-0.05, 0) is 32.1 Å². The quantitative estimate of drug-likeness (QED) is 0.902. The molecule has 0 unspecified atom stereocenters. The molecule has 1 aromatic rings. The van der Waals surface area contributed by atoms with Crippen molar-refractivity contribution in [3.63, 3.8) is 0 Å². The van der Waals surface area contributed by atoms with Gasteiger partial charge in [0.2, 0.25) is 5.76 Å². The molecule has 0 aliphatic carbocycles. The fourth-order valence-electron chi connectivity index (χ4n) is 2.86. The van der Waals surface area contributed by atoms with Gasteiger partial charge in [0, 0.05) is 18.5 Å². The van der Waals surface area contributed by atoms with E-state index in [4.69, 9.17) is 4.52 Å². The number of carbonyl (C=O) groups excluding carboxylic acids is 1. The minimum Gasteiger partial charge on any atom is -0.480 e. The van der Waals surface area contributed by atoms with E-state index in [-0.39, 0.29) is 17.6 Å². The van der Waals surface area contributed by atoms with Crippen molar-refractivity contribution in [1.82, 2.24) is 10.1 Å². The number of rotatable bonds is 5. The second-order valence-corrected chi connectivity index (χ2v) is 5.48. The lowest BCUT2D eigenvalue weighted by Gasteiger charge is -2.32. The molecule has 2 heterocycles. The lowest BCUT2D eigenvalue weighted by atomic mass is 9.99. The standard InChI is InChI=1S/C15H22N2O4/c1-3-10(4-2)11-9-13(21-16-11)14(18)17-8-6-5-7-12(17)15(19)20/h9-10,12H,3-8H2,1-2H3,(H,19,20)/t12-/m0/s1. The average Bonchev–Trinajstić information content (AvgIpc) is 2.97. The van der Waals surface area contributed by atoms with Gasteiger partial charge in [-0.3, -0.25) is 4.79 Å². The number of hydrogen-bond donors (Lipinski definition) is 1. The molecule has 1 atom stereocenters. The maximum Gasteiger partial charge on any atom is 0.326 e. The summed E-state index contributed by atoms with van der Waals surface area (Å²) >= 11 is 0. The first kappa shape index (κ1) is 15.5. The molecule has 0 aromatic carbocycles. The zero-order valence-corrected chi connectivity index (χ0v) is 12.5. The van der Waals surface area contributed by atoms with Crippen molar-refractivity contribution < 1.29 is 19.2 Å². The Morgan fingerprint density at radius 2 is 2.14 bits per heavy atom. The lowest BCUT2D eigenvalue weighted by molar-refractivity contribution is -0.143. The van der Waals surface area contributed by atoms with Crippen molar-refractivity contribution in [3.8, 4) is 0 Å². The first-order valence-corrected chi connectivity index (χ1v) is 7.58. The number of carboxylic acid groups (broad SMARTS) is 1. The molecule has 1 fully saturated rings. The van der Waals surface area contributed by atoms with Crippen LogP contribution in [-0.2, 0) is 4.79 Å². The van der Waals surface area contributed by atoms with Gasteiger partial charge in [-0.25, -0.2) is 4.79 Å². The Hall–Kier alpha value is -1.85. The lowest BCUT2D eigenvalue weighted by Crippen LogP contribution is -2.47. The number of nitrogens with zero attached hydrogens (tertiary/aromatic N) is 2. The summed E-state index contributed by atoms with van der Waals surface area (Å²) in [5.74, 6) is -0.911. The van der Waals surface area contributed by atoms with Crippen LogP contribution in [0.5, 0.6) is 0 Å². The minimum absolute atomic E-state index is 0.144. The van der Waals surface area contributed by atoms with Crippen LogP contribution in [0.1, 0.15) is 68.1 Å². The van der Waals surface area contributed by atoms with E-state index in [1.807, 2.05) is 0 Å². The molecule has 6 heteroatoms. The fourth-order valence-corrected chi connectivity index (χ4v) is 2.86. The van der Waals surface area contributed by atoms with Crippen LogP contribution in [0.2, 0.25) is 0 Å². The largest absolute Gasteiger partial charge is 0.480 e. The predicted molar refractivity (Wildman–Crippen MR) is 76.1 cm³/mol. The number of aromatic nitrogens is 1. The molecule has 0 radical (unpaired) electrons. The van der Waals surface area contributed by atoms with Crippen molar-refractivity contribution in [1.29, 1.82) is 0 Å². The van der Waals surface area contributed by atoms with E-state index >= 15 is 0 Å².